The summed E-state index contributed by atoms with van der Waals surface area (Å²) in [5, 5.41) is 13.3. The Balaban J connectivity index is 3.03. The van der Waals surface area contributed by atoms with E-state index in [4.69, 9.17) is 5.11 Å². The van der Waals surface area contributed by atoms with Crippen LogP contribution in [0.25, 0.3) is 0 Å². The highest BCUT2D eigenvalue weighted by Gasteiger charge is 1.93. The van der Waals surface area contributed by atoms with E-state index >= 15 is 0 Å². The zero-order valence-electron chi connectivity index (χ0n) is 4.72. The first-order chi connectivity index (χ1) is 3.81. The van der Waals surface area contributed by atoms with Crippen molar-refractivity contribution in [3.63, 3.8) is 0 Å². The summed E-state index contributed by atoms with van der Waals surface area (Å²) < 4.78 is 0. The molecule has 0 saturated heterocycles. The number of aliphatic hydroxyl groups is 1. The van der Waals surface area contributed by atoms with E-state index in [9.17, 15) is 4.79 Å². The Morgan fingerprint density at radius 3 is 2.88 bits per heavy atom. The predicted octanol–water partition coefficient (Wildman–Crippen LogP) is -1.38. The molecule has 8 heavy (non-hydrogen) atoms. The number of nitrogens with one attached hydrogen (secondary N) is 2. The minimum absolute atomic E-state index is 0.438. The van der Waals surface area contributed by atoms with Gasteiger partial charge in [0.25, 0.3) is 0 Å². The molecule has 0 aromatic rings. The third-order valence-corrected chi connectivity index (χ3v) is 0.623. The van der Waals surface area contributed by atoms with E-state index in [1.165, 1.54) is 0 Å². The molecular weight excluding hydrogens is 108 g/mol. The van der Waals surface area contributed by atoms with Crippen LogP contribution >= 0.6 is 0 Å². The average Bonchev–Trinajstić information content (AvgIpc) is 1.68. The van der Waals surface area contributed by atoms with Crippen molar-refractivity contribution in [1.82, 2.24) is 10.6 Å². The quantitative estimate of drug-likeness (QED) is 0.315. The van der Waals surface area contributed by atoms with Crippen LogP contribution in [-0.4, -0.2) is 24.4 Å². The van der Waals surface area contributed by atoms with Crippen LogP contribution in [0.4, 0.5) is 0 Å². The Kier molecular flexibility index (Phi) is 4.20. The zero-order chi connectivity index (χ0) is 6.41. The van der Waals surface area contributed by atoms with Crippen LogP contribution in [0.2, 0.25) is 0 Å². The summed E-state index contributed by atoms with van der Waals surface area (Å²) in [6.45, 7) is 2.46. The number of aliphatic hydroxyl groups excluding tert-OH is 1. The maximum absolute atomic E-state index is 9.58. The lowest BCUT2D eigenvalue weighted by Gasteiger charge is -2.07. The average molecular weight is 118 g/mol. The number of rotatable bonds is 4. The molecule has 0 bridgehead atoms. The van der Waals surface area contributed by atoms with Crippen LogP contribution in [-0.2, 0) is 4.79 Å². The van der Waals surface area contributed by atoms with Crippen LogP contribution < -0.4 is 10.6 Å². The van der Waals surface area contributed by atoms with E-state index in [1.807, 2.05) is 6.92 Å². The molecule has 1 amide bonds. The molecule has 0 spiro atoms. The Hall–Kier alpha value is -0.610. The summed E-state index contributed by atoms with van der Waals surface area (Å²) in [6.07, 6.45) is -0.467. The lowest BCUT2D eigenvalue weighted by atomic mass is 10.7. The molecule has 0 aliphatic carbocycles. The number of hydrogen-bond acceptors (Lipinski definition) is 3. The van der Waals surface area contributed by atoms with Gasteiger partial charge in [-0.15, -0.1) is 0 Å². The van der Waals surface area contributed by atoms with Crippen LogP contribution in [0, 0.1) is 0 Å². The summed E-state index contributed by atoms with van der Waals surface area (Å²) in [5.74, 6) is 0. The summed E-state index contributed by atoms with van der Waals surface area (Å²) in [5.41, 5.74) is 0. The van der Waals surface area contributed by atoms with Gasteiger partial charge in [0.1, 0.15) is 0 Å². The molecule has 0 aliphatic heterocycles. The fourth-order valence-corrected chi connectivity index (χ4v) is 0.317. The first-order valence-corrected chi connectivity index (χ1v) is 2.42. The molecule has 0 rings (SSSR count). The Bertz CT molecular complexity index is 67.1. The predicted molar refractivity (Wildman–Crippen MR) is 28.9 cm³/mol. The normalized spacial score (nSPS) is 12.8. The lowest BCUT2D eigenvalue weighted by Crippen LogP contribution is -2.40. The molecule has 0 aromatic carbocycles. The van der Waals surface area contributed by atoms with Gasteiger partial charge in [-0.25, -0.2) is 0 Å². The number of amides is 1. The van der Waals surface area contributed by atoms with Crippen LogP contribution in [0.3, 0.4) is 0 Å². The molecule has 1 unspecified atom stereocenters. The van der Waals surface area contributed by atoms with Gasteiger partial charge in [-0.1, -0.05) is 6.92 Å². The van der Waals surface area contributed by atoms with Gasteiger partial charge in [0.15, 0.2) is 6.35 Å². The molecule has 0 saturated carbocycles. The topological polar surface area (TPSA) is 61.4 Å². The van der Waals surface area contributed by atoms with Crippen molar-refractivity contribution >= 4 is 6.41 Å². The zero-order valence-corrected chi connectivity index (χ0v) is 4.72. The minimum Gasteiger partial charge on any atom is -0.361 e. The smallest absolute Gasteiger partial charge is 0.210 e. The maximum atomic E-state index is 9.58. The SMILES string of the molecule is CCNC(O)NC=O. The van der Waals surface area contributed by atoms with Gasteiger partial charge < -0.3 is 10.4 Å². The van der Waals surface area contributed by atoms with Gasteiger partial charge in [0, 0.05) is 0 Å². The number of hydrogen-bond donors (Lipinski definition) is 3. The Morgan fingerprint density at radius 1 is 1.88 bits per heavy atom. The van der Waals surface area contributed by atoms with Gasteiger partial charge in [-0.05, 0) is 6.54 Å². The third kappa shape index (κ3) is 3.58. The second kappa shape index (κ2) is 4.55. The molecule has 4 nitrogen and oxygen atoms in total. The maximum Gasteiger partial charge on any atom is 0.210 e. The molecular formula is C4H10N2O2. The van der Waals surface area contributed by atoms with E-state index in [0.717, 1.165) is 0 Å². The standard InChI is InChI=1S/C4H10N2O2/c1-2-5-4(8)6-3-7/h3-5,8H,2H2,1H3,(H,6,7). The monoisotopic (exact) mass is 118 g/mol. The molecule has 48 valence electrons. The Morgan fingerprint density at radius 2 is 2.50 bits per heavy atom. The summed E-state index contributed by atoms with van der Waals surface area (Å²) in [4.78, 5) is 9.58. The largest absolute Gasteiger partial charge is 0.361 e. The van der Waals surface area contributed by atoms with Crippen LogP contribution in [0.1, 0.15) is 6.92 Å². The van der Waals surface area contributed by atoms with Gasteiger partial charge in [0.2, 0.25) is 6.41 Å². The number of carbonyl (C=O) groups is 1. The molecule has 0 heterocycles. The van der Waals surface area contributed by atoms with E-state index in [-0.39, 0.29) is 0 Å². The second-order valence-corrected chi connectivity index (χ2v) is 1.24. The summed E-state index contributed by atoms with van der Waals surface area (Å²) >= 11 is 0. The van der Waals surface area contributed by atoms with Crippen molar-refractivity contribution in [2.45, 2.75) is 13.3 Å². The van der Waals surface area contributed by atoms with Gasteiger partial charge >= 0.3 is 0 Å². The van der Waals surface area contributed by atoms with Crippen molar-refractivity contribution in [2.75, 3.05) is 6.54 Å². The van der Waals surface area contributed by atoms with Crippen molar-refractivity contribution in [2.24, 2.45) is 0 Å². The fourth-order valence-electron chi connectivity index (χ4n) is 0.317. The highest BCUT2D eigenvalue weighted by Crippen LogP contribution is 1.61. The van der Waals surface area contributed by atoms with Gasteiger partial charge in [-0.2, -0.15) is 0 Å². The molecule has 3 N–H and O–H groups in total. The van der Waals surface area contributed by atoms with E-state index in [0.29, 0.717) is 13.0 Å². The Labute approximate surface area is 47.9 Å². The molecule has 4 heteroatoms. The first kappa shape index (κ1) is 7.39. The van der Waals surface area contributed by atoms with Crippen molar-refractivity contribution < 1.29 is 9.90 Å². The highest BCUT2D eigenvalue weighted by atomic mass is 16.3. The second-order valence-electron chi connectivity index (χ2n) is 1.24. The molecule has 0 radical (unpaired) electrons. The van der Waals surface area contributed by atoms with Crippen LogP contribution in [0.5, 0.6) is 0 Å². The number of carbonyl (C=O) groups excluding carboxylic acids is 1. The van der Waals surface area contributed by atoms with E-state index in [2.05, 4.69) is 10.6 Å². The first-order valence-electron chi connectivity index (χ1n) is 2.42. The summed E-state index contributed by atoms with van der Waals surface area (Å²) in [7, 11) is 0. The molecule has 0 fully saturated rings. The molecule has 1 atom stereocenters. The third-order valence-electron chi connectivity index (χ3n) is 0.623. The van der Waals surface area contributed by atoms with Crippen molar-refractivity contribution in [3.05, 3.63) is 0 Å². The fraction of sp³-hybridized carbons (Fsp3) is 0.750. The van der Waals surface area contributed by atoms with Crippen molar-refractivity contribution in [1.29, 1.82) is 0 Å². The summed E-state index contributed by atoms with van der Waals surface area (Å²) in [6, 6.07) is 0. The molecule has 0 aliphatic rings. The lowest BCUT2D eigenvalue weighted by molar-refractivity contribution is -0.112. The highest BCUT2D eigenvalue weighted by molar-refractivity contribution is 5.45. The van der Waals surface area contributed by atoms with Gasteiger partial charge in [-0.3, -0.25) is 10.1 Å². The van der Waals surface area contributed by atoms with Crippen LogP contribution in [0.15, 0.2) is 0 Å². The van der Waals surface area contributed by atoms with E-state index < -0.39 is 6.35 Å². The van der Waals surface area contributed by atoms with Crippen molar-refractivity contribution in [3.8, 4) is 0 Å². The van der Waals surface area contributed by atoms with Gasteiger partial charge in [0.05, 0.1) is 0 Å². The minimum atomic E-state index is -0.905. The van der Waals surface area contributed by atoms with E-state index in [1.54, 1.807) is 0 Å². The molecule has 0 aromatic heterocycles.